The van der Waals surface area contributed by atoms with Crippen LogP contribution in [-0.2, 0) is 0 Å². The van der Waals surface area contributed by atoms with Crippen molar-refractivity contribution in [3.63, 3.8) is 0 Å². The molecular formula is C16H22ClNO. The Kier molecular flexibility index (Phi) is 3.48. The maximum atomic E-state index is 6.28. The first-order chi connectivity index (χ1) is 9.15. The number of hydrogen-bond acceptors (Lipinski definition) is 2. The van der Waals surface area contributed by atoms with Gasteiger partial charge in [-0.05, 0) is 44.5 Å². The zero-order valence-corrected chi connectivity index (χ0v) is 12.5. The molecule has 0 aliphatic heterocycles. The second-order valence-electron chi connectivity index (χ2n) is 6.06. The molecule has 3 rings (SSSR count). The van der Waals surface area contributed by atoms with Gasteiger partial charge in [-0.3, -0.25) is 0 Å². The quantitative estimate of drug-likeness (QED) is 0.905. The fourth-order valence-corrected chi connectivity index (χ4v) is 4.16. The van der Waals surface area contributed by atoms with Crippen LogP contribution in [-0.4, -0.2) is 19.2 Å². The lowest BCUT2D eigenvalue weighted by Crippen LogP contribution is -2.63. The van der Waals surface area contributed by atoms with Crippen molar-refractivity contribution in [2.45, 2.75) is 51.2 Å². The number of benzene rings is 1. The average molecular weight is 280 g/mol. The summed E-state index contributed by atoms with van der Waals surface area (Å²) in [6.07, 6.45) is 6.66. The summed E-state index contributed by atoms with van der Waals surface area (Å²) in [5.41, 5.74) is 1.53. The molecule has 2 fully saturated rings. The number of nitrogens with one attached hydrogen (secondary N) is 1. The molecular weight excluding hydrogens is 258 g/mol. The summed E-state index contributed by atoms with van der Waals surface area (Å²) in [4.78, 5) is 0. The van der Waals surface area contributed by atoms with E-state index < -0.39 is 0 Å². The molecule has 0 bridgehead atoms. The fourth-order valence-electron chi connectivity index (χ4n) is 3.88. The smallest absolute Gasteiger partial charge is 0.138 e. The predicted molar refractivity (Wildman–Crippen MR) is 79.0 cm³/mol. The second kappa shape index (κ2) is 4.99. The zero-order valence-electron chi connectivity index (χ0n) is 11.7. The molecule has 2 aliphatic rings. The molecule has 2 unspecified atom stereocenters. The lowest BCUT2D eigenvalue weighted by Gasteiger charge is -2.53. The molecule has 19 heavy (non-hydrogen) atoms. The summed E-state index contributed by atoms with van der Waals surface area (Å²) in [5.74, 6) is 0.845. The van der Waals surface area contributed by atoms with Crippen molar-refractivity contribution in [1.29, 1.82) is 0 Å². The van der Waals surface area contributed by atoms with E-state index >= 15 is 0 Å². The number of halogens is 1. The third-order valence-electron chi connectivity index (χ3n) is 5.02. The highest BCUT2D eigenvalue weighted by atomic mass is 35.5. The van der Waals surface area contributed by atoms with Crippen LogP contribution in [0.25, 0.3) is 0 Å². The molecule has 1 aromatic rings. The molecule has 2 saturated carbocycles. The van der Waals surface area contributed by atoms with Gasteiger partial charge in [-0.15, -0.1) is 0 Å². The van der Waals surface area contributed by atoms with Gasteiger partial charge in [0.25, 0.3) is 0 Å². The molecule has 2 aliphatic carbocycles. The largest absolute Gasteiger partial charge is 0.488 e. The zero-order chi connectivity index (χ0) is 13.5. The van der Waals surface area contributed by atoms with Gasteiger partial charge in [0.2, 0.25) is 0 Å². The Morgan fingerprint density at radius 1 is 1.32 bits per heavy atom. The molecule has 1 aromatic carbocycles. The van der Waals surface area contributed by atoms with Crippen LogP contribution in [0.3, 0.4) is 0 Å². The molecule has 0 saturated heterocycles. The highest BCUT2D eigenvalue weighted by Gasteiger charge is 2.57. The Balaban J connectivity index is 1.77. The van der Waals surface area contributed by atoms with Gasteiger partial charge in [0.05, 0.1) is 5.02 Å². The minimum atomic E-state index is 0.327. The standard InChI is InChI=1S/C16H22ClNO/c1-11-5-6-13(12(17)9-11)19-15-10-14(18-2)16(15)7-3-4-8-16/h5-6,9,14-15,18H,3-4,7-8,10H2,1-2H3. The van der Waals surface area contributed by atoms with Crippen molar-refractivity contribution in [3.05, 3.63) is 28.8 Å². The van der Waals surface area contributed by atoms with Crippen LogP contribution in [0.15, 0.2) is 18.2 Å². The predicted octanol–water partition coefficient (Wildman–Crippen LogP) is 3.95. The van der Waals surface area contributed by atoms with E-state index in [-0.39, 0.29) is 0 Å². The van der Waals surface area contributed by atoms with Crippen LogP contribution >= 0.6 is 11.6 Å². The van der Waals surface area contributed by atoms with Crippen LogP contribution in [0, 0.1) is 12.3 Å². The third kappa shape index (κ3) is 2.15. The van der Waals surface area contributed by atoms with E-state index in [0.717, 1.165) is 17.2 Å². The Bertz CT molecular complexity index is 468. The molecule has 2 atom stereocenters. The van der Waals surface area contributed by atoms with Gasteiger partial charge in [-0.2, -0.15) is 0 Å². The van der Waals surface area contributed by atoms with Crippen molar-refractivity contribution in [2.24, 2.45) is 5.41 Å². The number of ether oxygens (including phenoxy) is 1. The van der Waals surface area contributed by atoms with Crippen LogP contribution in [0.4, 0.5) is 0 Å². The highest BCUT2D eigenvalue weighted by molar-refractivity contribution is 6.32. The van der Waals surface area contributed by atoms with Crippen molar-refractivity contribution in [3.8, 4) is 5.75 Å². The summed E-state index contributed by atoms with van der Waals surface area (Å²) >= 11 is 6.28. The Hall–Kier alpha value is -0.730. The minimum absolute atomic E-state index is 0.327. The molecule has 2 nitrogen and oxygen atoms in total. The molecule has 1 spiro atoms. The van der Waals surface area contributed by atoms with Crippen molar-refractivity contribution >= 4 is 11.6 Å². The van der Waals surface area contributed by atoms with Gasteiger partial charge >= 0.3 is 0 Å². The SMILES string of the molecule is CNC1CC(Oc2ccc(C)cc2Cl)C12CCCC2. The number of hydrogen-bond donors (Lipinski definition) is 1. The summed E-state index contributed by atoms with van der Waals surface area (Å²) < 4.78 is 6.23. The highest BCUT2D eigenvalue weighted by Crippen LogP contribution is 2.54. The van der Waals surface area contributed by atoms with E-state index in [2.05, 4.69) is 25.4 Å². The average Bonchev–Trinajstić information content (AvgIpc) is 2.88. The van der Waals surface area contributed by atoms with E-state index in [1.807, 2.05) is 12.1 Å². The first kappa shape index (κ1) is 13.3. The first-order valence-electron chi connectivity index (χ1n) is 7.26. The Morgan fingerprint density at radius 3 is 2.68 bits per heavy atom. The maximum Gasteiger partial charge on any atom is 0.138 e. The van der Waals surface area contributed by atoms with Gasteiger partial charge in [0.15, 0.2) is 0 Å². The molecule has 3 heteroatoms. The summed E-state index contributed by atoms with van der Waals surface area (Å²) in [6, 6.07) is 6.67. The normalized spacial score (nSPS) is 28.4. The van der Waals surface area contributed by atoms with Gasteiger partial charge < -0.3 is 10.1 Å². The van der Waals surface area contributed by atoms with Crippen LogP contribution < -0.4 is 10.1 Å². The summed E-state index contributed by atoms with van der Waals surface area (Å²) in [7, 11) is 2.07. The van der Waals surface area contributed by atoms with Crippen molar-refractivity contribution in [2.75, 3.05) is 7.05 Å². The van der Waals surface area contributed by atoms with Crippen LogP contribution in [0.1, 0.15) is 37.7 Å². The molecule has 0 heterocycles. The topological polar surface area (TPSA) is 21.3 Å². The van der Waals surface area contributed by atoms with E-state index in [0.29, 0.717) is 17.6 Å². The van der Waals surface area contributed by atoms with Crippen molar-refractivity contribution < 1.29 is 4.74 Å². The minimum Gasteiger partial charge on any atom is -0.488 e. The lowest BCUT2D eigenvalue weighted by molar-refractivity contribution is -0.0735. The molecule has 104 valence electrons. The fraction of sp³-hybridized carbons (Fsp3) is 0.625. The third-order valence-corrected chi connectivity index (χ3v) is 5.32. The molecule has 0 amide bonds. The maximum absolute atomic E-state index is 6.28. The van der Waals surface area contributed by atoms with Crippen LogP contribution in [0.2, 0.25) is 5.02 Å². The monoisotopic (exact) mass is 279 g/mol. The Labute approximate surface area is 120 Å². The number of rotatable bonds is 3. The summed E-state index contributed by atoms with van der Waals surface area (Å²) in [6.45, 7) is 2.05. The van der Waals surface area contributed by atoms with Gasteiger partial charge in [-0.1, -0.05) is 30.5 Å². The lowest BCUT2D eigenvalue weighted by atomic mass is 9.60. The van der Waals surface area contributed by atoms with Crippen LogP contribution in [0.5, 0.6) is 5.75 Å². The number of aryl methyl sites for hydroxylation is 1. The van der Waals surface area contributed by atoms with Gasteiger partial charge in [0.1, 0.15) is 11.9 Å². The Morgan fingerprint density at radius 2 is 2.05 bits per heavy atom. The van der Waals surface area contributed by atoms with E-state index in [4.69, 9.17) is 16.3 Å². The van der Waals surface area contributed by atoms with E-state index in [9.17, 15) is 0 Å². The van der Waals surface area contributed by atoms with Gasteiger partial charge in [-0.25, -0.2) is 0 Å². The second-order valence-corrected chi connectivity index (χ2v) is 6.46. The van der Waals surface area contributed by atoms with Gasteiger partial charge in [0, 0.05) is 17.9 Å². The van der Waals surface area contributed by atoms with E-state index in [1.165, 1.54) is 31.2 Å². The first-order valence-corrected chi connectivity index (χ1v) is 7.63. The van der Waals surface area contributed by atoms with E-state index in [1.54, 1.807) is 0 Å². The molecule has 1 N–H and O–H groups in total. The van der Waals surface area contributed by atoms with Crippen molar-refractivity contribution in [1.82, 2.24) is 5.32 Å². The molecule has 0 aromatic heterocycles. The molecule has 0 radical (unpaired) electrons. The summed E-state index contributed by atoms with van der Waals surface area (Å²) in [5, 5.41) is 4.20.